The van der Waals surface area contributed by atoms with Crippen LogP contribution in [0.15, 0.2) is 0 Å². The summed E-state index contributed by atoms with van der Waals surface area (Å²) in [5.41, 5.74) is 0. The van der Waals surface area contributed by atoms with Crippen LogP contribution in [-0.4, -0.2) is 37.7 Å². The van der Waals surface area contributed by atoms with Crippen molar-refractivity contribution in [3.05, 3.63) is 0 Å². The Labute approximate surface area is 137 Å². The molecule has 0 rings (SSSR count). The predicted molar refractivity (Wildman–Crippen MR) is 9.09 cm³/mol. The Balaban J connectivity index is 0. The van der Waals surface area contributed by atoms with Gasteiger partial charge in [-0.25, -0.2) is 0 Å². The molecule has 0 amide bonds. The van der Waals surface area contributed by atoms with Crippen LogP contribution in [0.5, 0.6) is 0 Å². The van der Waals surface area contributed by atoms with Gasteiger partial charge in [-0.2, -0.15) is 0 Å². The third kappa shape index (κ3) is 9.72. The fourth-order valence-corrected chi connectivity index (χ4v) is 0. The van der Waals surface area contributed by atoms with Gasteiger partial charge in [0.25, 0.3) is 0 Å². The van der Waals surface area contributed by atoms with Gasteiger partial charge in [-0.15, -0.1) is 0 Å². The maximum atomic E-state index is 0. The van der Waals surface area contributed by atoms with Gasteiger partial charge in [0.05, 0.1) is 0 Å². The van der Waals surface area contributed by atoms with Crippen LogP contribution in [0.3, 0.4) is 0 Å². The van der Waals surface area contributed by atoms with Gasteiger partial charge in [0.1, 0.15) is 0 Å². The maximum Gasteiger partial charge on any atom is 2.00 e. The zero-order valence-electron chi connectivity index (χ0n) is 5.42. The molecule has 0 atom stereocenters. The van der Waals surface area contributed by atoms with Gasteiger partial charge in [-0.05, 0) is 0 Å². The van der Waals surface area contributed by atoms with E-state index in [9.17, 15) is 0 Å². The summed E-state index contributed by atoms with van der Waals surface area (Å²) in [6, 6.07) is 0. The van der Waals surface area contributed by atoms with E-state index in [1.165, 1.54) is 0 Å². The van der Waals surface area contributed by atoms with E-state index < -0.39 is 0 Å². The van der Waals surface area contributed by atoms with Crippen molar-refractivity contribution in [3.63, 3.8) is 0 Å². The second kappa shape index (κ2) is 15.6. The molecule has 0 spiro atoms. The zero-order chi connectivity index (χ0) is 0. The molecule has 0 saturated heterocycles. The third-order valence-electron chi connectivity index (χ3n) is 0. The number of rotatable bonds is 0. The largest absolute Gasteiger partial charge is 2.00 e. The van der Waals surface area contributed by atoms with Crippen LogP contribution in [0.1, 0.15) is 4.28 Å². The van der Waals surface area contributed by atoms with Crippen LogP contribution < -0.4 is 29.6 Å². The molecular weight excluding hydrogens is 329 g/mol. The molecule has 0 unspecified atom stereocenters. The Hall–Kier alpha value is 4.52. The van der Waals surface area contributed by atoms with E-state index in [4.69, 9.17) is 0 Å². The Bertz CT molecular complexity index is 14.9. The van der Waals surface area contributed by atoms with Crippen LogP contribution >= 0.6 is 0 Å². The molecular formula is H3CaNaNbYb. The van der Waals surface area contributed by atoms with E-state index in [0.717, 1.165) is 0 Å². The van der Waals surface area contributed by atoms with E-state index in [2.05, 4.69) is 0 Å². The predicted octanol–water partition coefficient (Wildman–Crippen LogP) is -3.04. The first kappa shape index (κ1) is 23.6. The first-order chi connectivity index (χ1) is 0. The van der Waals surface area contributed by atoms with Gasteiger partial charge < -0.3 is 4.28 Å². The van der Waals surface area contributed by atoms with E-state index in [1.54, 1.807) is 0 Å². The first-order valence-corrected chi connectivity index (χ1v) is 0. The minimum atomic E-state index is 0. The van der Waals surface area contributed by atoms with E-state index >= 15 is 0 Å². The minimum absolute atomic E-state index is 0. The molecule has 0 heterocycles. The average Bonchev–Trinajstić information content (AvgIpc) is 0. The van der Waals surface area contributed by atoms with Crippen molar-refractivity contribution < 1.29 is 103 Å². The van der Waals surface area contributed by atoms with Crippen LogP contribution in [0.2, 0.25) is 0 Å². The normalized spacial score (nSPS) is 0. The van der Waals surface area contributed by atoms with Gasteiger partial charge in [-0.3, -0.25) is 0 Å². The monoisotopic (exact) mass is 333 g/mol. The Morgan fingerprint density at radius 2 is 1.25 bits per heavy atom. The molecule has 0 N–H and O–H groups in total. The maximum absolute atomic E-state index is 0. The smallest absolute Gasteiger partial charge is 1.00 e. The second-order valence-corrected chi connectivity index (χ2v) is 0. The van der Waals surface area contributed by atoms with Gasteiger partial charge in [0.15, 0.2) is 0 Å². The molecule has 0 aromatic carbocycles. The Morgan fingerprint density at radius 3 is 1.25 bits per heavy atom. The van der Waals surface area contributed by atoms with Crippen LogP contribution in [0.25, 0.3) is 0 Å². The standard InChI is InChI=1S/Ca.Na.Nb.Yb.3H/q+2;+1;;;3*-1. The van der Waals surface area contributed by atoms with Crippen molar-refractivity contribution in [2.45, 2.75) is 0 Å². The second-order valence-electron chi connectivity index (χ2n) is 0. The molecule has 4 heavy (non-hydrogen) atoms. The summed E-state index contributed by atoms with van der Waals surface area (Å²) in [6.07, 6.45) is 0. The molecule has 0 aliphatic heterocycles. The fourth-order valence-electron chi connectivity index (χ4n) is 0. The summed E-state index contributed by atoms with van der Waals surface area (Å²) in [7, 11) is 0. The quantitative estimate of drug-likeness (QED) is 0.414. The molecule has 0 saturated carbocycles. The average molecular weight is 332 g/mol. The minimum Gasteiger partial charge on any atom is -1.00 e. The Kier molecular flexibility index (Phi) is 92.3. The summed E-state index contributed by atoms with van der Waals surface area (Å²) in [4.78, 5) is 0. The molecule has 0 aromatic heterocycles. The molecule has 0 fully saturated rings. The van der Waals surface area contributed by atoms with Crippen LogP contribution in [0.4, 0.5) is 0 Å². The van der Waals surface area contributed by atoms with Crippen molar-refractivity contribution in [2.24, 2.45) is 0 Å². The molecule has 0 nitrogen and oxygen atoms in total. The van der Waals surface area contributed by atoms with Crippen LogP contribution in [0, 0.1) is 46.9 Å². The molecule has 0 aliphatic rings. The van der Waals surface area contributed by atoms with Crippen molar-refractivity contribution in [3.8, 4) is 0 Å². The summed E-state index contributed by atoms with van der Waals surface area (Å²) in [5.74, 6) is 0. The van der Waals surface area contributed by atoms with E-state index in [-0.39, 0.29) is 141 Å². The van der Waals surface area contributed by atoms with Gasteiger partial charge >= 0.3 is 67.3 Å². The summed E-state index contributed by atoms with van der Waals surface area (Å²) in [6.45, 7) is 0. The molecule has 1 radical (unpaired) electrons. The topological polar surface area (TPSA) is 0 Å². The van der Waals surface area contributed by atoms with Crippen LogP contribution in [-0.2, 0) is 22.4 Å². The summed E-state index contributed by atoms with van der Waals surface area (Å²) in [5, 5.41) is 0. The molecule has 0 aromatic rings. The van der Waals surface area contributed by atoms with Crippen molar-refractivity contribution in [1.82, 2.24) is 0 Å². The van der Waals surface area contributed by atoms with Crippen molar-refractivity contribution >= 4 is 37.7 Å². The van der Waals surface area contributed by atoms with E-state index in [0.29, 0.717) is 0 Å². The fraction of sp³-hybridized carbons (Fsp3) is 0. The molecule has 4 heteroatoms. The SMILES string of the molecule is [Ca+2].[H-].[H-].[H-].[Na+].[Nb].[Yb]. The van der Waals surface area contributed by atoms with Crippen molar-refractivity contribution in [2.75, 3.05) is 0 Å². The van der Waals surface area contributed by atoms with Crippen molar-refractivity contribution in [1.29, 1.82) is 0 Å². The van der Waals surface area contributed by atoms with Gasteiger partial charge in [0, 0.05) is 69.3 Å². The van der Waals surface area contributed by atoms with Gasteiger partial charge in [0.2, 0.25) is 0 Å². The van der Waals surface area contributed by atoms with E-state index in [1.807, 2.05) is 0 Å². The van der Waals surface area contributed by atoms with Gasteiger partial charge in [-0.1, -0.05) is 0 Å². The molecule has 0 aliphatic carbocycles. The number of hydrogen-bond donors (Lipinski definition) is 0. The Morgan fingerprint density at radius 1 is 1.25 bits per heavy atom. The summed E-state index contributed by atoms with van der Waals surface area (Å²) >= 11 is 0. The third-order valence-corrected chi connectivity index (χ3v) is 0. The molecule has 0 bridgehead atoms. The first-order valence-electron chi connectivity index (χ1n) is 0. The number of hydrogen-bond acceptors (Lipinski definition) is 0. The summed E-state index contributed by atoms with van der Waals surface area (Å²) < 4.78 is 0. The zero-order valence-corrected chi connectivity index (χ0v) is 10.5. The molecule has 25 valence electrons.